The Balaban J connectivity index is 1.50. The second-order valence-corrected chi connectivity index (χ2v) is 7.61. The van der Waals surface area contributed by atoms with Crippen LogP contribution in [0.4, 0.5) is 5.69 Å². The van der Waals surface area contributed by atoms with E-state index in [-0.39, 0.29) is 0 Å². The lowest BCUT2D eigenvalue weighted by atomic mass is 10.2. The highest BCUT2D eigenvalue weighted by Crippen LogP contribution is 2.33. The quantitative estimate of drug-likeness (QED) is 0.548. The molecule has 1 fully saturated rings. The van der Waals surface area contributed by atoms with Gasteiger partial charge in [0.25, 0.3) is 0 Å². The van der Waals surface area contributed by atoms with Crippen LogP contribution in [0.2, 0.25) is 5.02 Å². The molecule has 1 aliphatic rings. The van der Waals surface area contributed by atoms with Crippen molar-refractivity contribution in [1.29, 1.82) is 0 Å². The van der Waals surface area contributed by atoms with Gasteiger partial charge in [-0.2, -0.15) is 5.10 Å². The van der Waals surface area contributed by atoms with Gasteiger partial charge in [-0.05, 0) is 36.6 Å². The zero-order valence-corrected chi connectivity index (χ0v) is 17.5. The van der Waals surface area contributed by atoms with Crippen LogP contribution in [-0.4, -0.2) is 55.6 Å². The van der Waals surface area contributed by atoms with Crippen molar-refractivity contribution in [2.24, 2.45) is 10.9 Å². The number of methoxy groups -OCH3 is 1. The molecule has 0 amide bonds. The summed E-state index contributed by atoms with van der Waals surface area (Å²) < 4.78 is 7.45. The second-order valence-electron chi connectivity index (χ2n) is 7.18. The van der Waals surface area contributed by atoms with Crippen molar-refractivity contribution in [3.63, 3.8) is 0 Å². The molecule has 3 rings (SSSR count). The van der Waals surface area contributed by atoms with E-state index in [1.54, 1.807) is 20.4 Å². The molecule has 7 nitrogen and oxygen atoms in total. The van der Waals surface area contributed by atoms with Gasteiger partial charge in [-0.15, -0.1) is 0 Å². The molecule has 2 heterocycles. The maximum atomic E-state index is 6.18. The zero-order chi connectivity index (χ0) is 19.9. The van der Waals surface area contributed by atoms with Gasteiger partial charge in [-0.3, -0.25) is 9.67 Å². The van der Waals surface area contributed by atoms with Gasteiger partial charge in [-0.25, -0.2) is 0 Å². The van der Waals surface area contributed by atoms with E-state index in [0.717, 1.165) is 55.0 Å². The Bertz CT molecular complexity index is 779. The van der Waals surface area contributed by atoms with E-state index in [4.69, 9.17) is 16.3 Å². The van der Waals surface area contributed by atoms with Crippen LogP contribution in [0.25, 0.3) is 0 Å². The van der Waals surface area contributed by atoms with Gasteiger partial charge in [0.05, 0.1) is 12.8 Å². The average molecular weight is 405 g/mol. The van der Waals surface area contributed by atoms with Crippen LogP contribution in [0, 0.1) is 5.92 Å². The molecular formula is C20H29ClN6O. The molecule has 2 N–H and O–H groups in total. The summed E-state index contributed by atoms with van der Waals surface area (Å²) in [4.78, 5) is 6.68. The summed E-state index contributed by atoms with van der Waals surface area (Å²) in [5.41, 5.74) is 1.04. The number of hydrogen-bond acceptors (Lipinski definition) is 4. The molecule has 1 saturated heterocycles. The lowest BCUT2D eigenvalue weighted by Crippen LogP contribution is -2.46. The Morgan fingerprint density at radius 2 is 2.32 bits per heavy atom. The molecule has 1 aromatic heterocycles. The first kappa shape index (κ1) is 20.3. The fourth-order valence-electron chi connectivity index (χ4n) is 3.46. The fraction of sp³-hybridized carbons (Fsp3) is 0.500. The number of benzene rings is 1. The predicted octanol–water partition coefficient (Wildman–Crippen LogP) is 2.63. The highest BCUT2D eigenvalue weighted by molar-refractivity contribution is 6.30. The summed E-state index contributed by atoms with van der Waals surface area (Å²) >= 11 is 6.18. The lowest BCUT2D eigenvalue weighted by molar-refractivity contribution is 0.415. The molecule has 2 unspecified atom stereocenters. The van der Waals surface area contributed by atoms with Crippen LogP contribution >= 0.6 is 11.6 Å². The first-order valence-corrected chi connectivity index (χ1v) is 10.00. The Morgan fingerprint density at radius 1 is 1.46 bits per heavy atom. The van der Waals surface area contributed by atoms with Gasteiger partial charge < -0.3 is 20.3 Å². The van der Waals surface area contributed by atoms with E-state index in [0.29, 0.717) is 12.0 Å². The Labute approximate surface area is 171 Å². The van der Waals surface area contributed by atoms with E-state index in [1.807, 2.05) is 35.1 Å². The third kappa shape index (κ3) is 5.32. The van der Waals surface area contributed by atoms with Crippen LogP contribution in [0.5, 0.6) is 5.75 Å². The largest absolute Gasteiger partial charge is 0.495 e. The molecule has 28 heavy (non-hydrogen) atoms. The first-order valence-electron chi connectivity index (χ1n) is 9.62. The Kier molecular flexibility index (Phi) is 7.03. The Morgan fingerprint density at radius 3 is 3.04 bits per heavy atom. The highest BCUT2D eigenvalue weighted by atomic mass is 35.5. The number of halogens is 1. The minimum absolute atomic E-state index is 0.316. The van der Waals surface area contributed by atoms with Crippen LogP contribution < -0.4 is 20.3 Å². The summed E-state index contributed by atoms with van der Waals surface area (Å²) in [6.07, 6.45) is 4.82. The van der Waals surface area contributed by atoms with Crippen LogP contribution in [-0.2, 0) is 6.54 Å². The van der Waals surface area contributed by atoms with Gasteiger partial charge in [0, 0.05) is 56.7 Å². The van der Waals surface area contributed by atoms with Gasteiger partial charge in [0.1, 0.15) is 5.75 Å². The normalized spacial score (nSPS) is 18.2. The number of anilines is 1. The maximum Gasteiger partial charge on any atom is 0.191 e. The van der Waals surface area contributed by atoms with E-state index < -0.39 is 0 Å². The fourth-order valence-corrected chi connectivity index (χ4v) is 3.62. The van der Waals surface area contributed by atoms with E-state index in [9.17, 15) is 0 Å². The monoisotopic (exact) mass is 404 g/mol. The first-order chi connectivity index (χ1) is 13.6. The SMILES string of the molecule is CN=C(NCC(C)Cn1cccn1)NC1CCN(c2cc(Cl)ccc2OC)C1. The van der Waals surface area contributed by atoms with E-state index in [1.165, 1.54) is 0 Å². The number of aromatic nitrogens is 2. The molecule has 0 saturated carbocycles. The molecule has 1 aliphatic heterocycles. The number of guanidine groups is 1. The van der Waals surface area contributed by atoms with Gasteiger partial charge >= 0.3 is 0 Å². The van der Waals surface area contributed by atoms with Crippen LogP contribution in [0.1, 0.15) is 13.3 Å². The average Bonchev–Trinajstić information content (AvgIpc) is 3.37. The summed E-state index contributed by atoms with van der Waals surface area (Å²) in [5.74, 6) is 2.12. The van der Waals surface area contributed by atoms with Crippen molar-refractivity contribution < 1.29 is 4.74 Å². The molecule has 2 atom stereocenters. The summed E-state index contributed by atoms with van der Waals surface area (Å²) in [7, 11) is 3.49. The Hall–Kier alpha value is -2.41. The number of hydrogen-bond donors (Lipinski definition) is 2. The maximum absolute atomic E-state index is 6.18. The molecule has 0 spiro atoms. The van der Waals surface area contributed by atoms with Gasteiger partial charge in [0.2, 0.25) is 0 Å². The molecular weight excluding hydrogens is 376 g/mol. The minimum Gasteiger partial charge on any atom is -0.495 e. The van der Waals surface area contributed by atoms with Crippen molar-refractivity contribution in [3.8, 4) is 5.75 Å². The van der Waals surface area contributed by atoms with Crippen molar-refractivity contribution in [3.05, 3.63) is 41.7 Å². The zero-order valence-electron chi connectivity index (χ0n) is 16.7. The lowest BCUT2D eigenvalue weighted by Gasteiger charge is -2.23. The summed E-state index contributed by atoms with van der Waals surface area (Å²) in [5, 5.41) is 11.9. The smallest absolute Gasteiger partial charge is 0.191 e. The van der Waals surface area contributed by atoms with Gasteiger partial charge in [-0.1, -0.05) is 18.5 Å². The number of nitrogens with zero attached hydrogens (tertiary/aromatic N) is 4. The minimum atomic E-state index is 0.316. The topological polar surface area (TPSA) is 66.7 Å². The molecule has 0 bridgehead atoms. The molecule has 0 radical (unpaired) electrons. The molecule has 1 aromatic carbocycles. The second kappa shape index (κ2) is 9.68. The number of aliphatic imine (C=N–C) groups is 1. The van der Waals surface area contributed by atoms with E-state index in [2.05, 4.69) is 32.5 Å². The highest BCUT2D eigenvalue weighted by Gasteiger charge is 2.25. The summed E-state index contributed by atoms with van der Waals surface area (Å²) in [6, 6.07) is 8.00. The number of nitrogens with one attached hydrogen (secondary N) is 2. The predicted molar refractivity (Wildman–Crippen MR) is 115 cm³/mol. The van der Waals surface area contributed by atoms with Crippen molar-refractivity contribution in [2.45, 2.75) is 25.9 Å². The van der Waals surface area contributed by atoms with Crippen LogP contribution in [0.3, 0.4) is 0 Å². The molecule has 152 valence electrons. The standard InChI is InChI=1S/C20H29ClN6O/c1-15(13-27-9-4-8-24-27)12-23-20(22-2)25-17-7-10-26(14-17)18-11-16(21)5-6-19(18)28-3/h4-6,8-9,11,15,17H,7,10,12-14H2,1-3H3,(H2,22,23,25). The van der Waals surface area contributed by atoms with Crippen molar-refractivity contribution in [2.75, 3.05) is 38.7 Å². The van der Waals surface area contributed by atoms with Gasteiger partial charge in [0.15, 0.2) is 5.96 Å². The van der Waals surface area contributed by atoms with Crippen LogP contribution in [0.15, 0.2) is 41.7 Å². The molecule has 0 aliphatic carbocycles. The third-order valence-electron chi connectivity index (χ3n) is 4.91. The number of ether oxygens (including phenoxy) is 1. The van der Waals surface area contributed by atoms with E-state index >= 15 is 0 Å². The molecule has 2 aromatic rings. The van der Waals surface area contributed by atoms with Crippen molar-refractivity contribution >= 4 is 23.2 Å². The summed E-state index contributed by atoms with van der Waals surface area (Å²) in [6.45, 7) is 5.73. The third-order valence-corrected chi connectivity index (χ3v) is 5.15. The number of rotatable bonds is 7. The molecule has 8 heteroatoms. The van der Waals surface area contributed by atoms with Crippen molar-refractivity contribution in [1.82, 2.24) is 20.4 Å².